The number of Topliss-reactive ketones (excluding diaryl/α,β-unsaturated/α-hetero) is 1. The fraction of sp³-hybridized carbons (Fsp3) is 0.471. The van der Waals surface area contributed by atoms with E-state index in [1.54, 1.807) is 6.07 Å². The Morgan fingerprint density at radius 2 is 1.96 bits per heavy atom. The van der Waals surface area contributed by atoms with Crippen molar-refractivity contribution in [1.82, 2.24) is 4.90 Å². The summed E-state index contributed by atoms with van der Waals surface area (Å²) < 4.78 is 4.78. The third-order valence-corrected chi connectivity index (χ3v) is 4.59. The van der Waals surface area contributed by atoms with Crippen LogP contribution < -0.4 is 4.90 Å². The van der Waals surface area contributed by atoms with Crippen molar-refractivity contribution in [3.05, 3.63) is 29.3 Å². The minimum Gasteiger partial charge on any atom is -0.469 e. The lowest BCUT2D eigenvalue weighted by molar-refractivity contribution is -0.147. The number of carbonyl (C=O) groups is 3. The van der Waals surface area contributed by atoms with E-state index in [0.29, 0.717) is 43.9 Å². The molecule has 1 saturated heterocycles. The Morgan fingerprint density at radius 1 is 1.26 bits per heavy atom. The van der Waals surface area contributed by atoms with Crippen molar-refractivity contribution < 1.29 is 19.1 Å². The summed E-state index contributed by atoms with van der Waals surface area (Å²) in [6.45, 7) is 3.70. The molecule has 0 bridgehead atoms. The van der Waals surface area contributed by atoms with Gasteiger partial charge < -0.3 is 4.74 Å². The van der Waals surface area contributed by atoms with Crippen LogP contribution in [0.3, 0.4) is 0 Å². The van der Waals surface area contributed by atoms with E-state index in [1.807, 2.05) is 19.1 Å². The minimum atomic E-state index is -0.472. The lowest BCUT2D eigenvalue weighted by Gasteiger charge is -2.33. The first-order valence-corrected chi connectivity index (χ1v) is 7.78. The second-order valence-electron chi connectivity index (χ2n) is 6.14. The summed E-state index contributed by atoms with van der Waals surface area (Å²) in [7, 11) is 1.40. The third kappa shape index (κ3) is 2.86. The molecule has 0 radical (unpaired) electrons. The maximum absolute atomic E-state index is 12.2. The van der Waals surface area contributed by atoms with Crippen LogP contribution in [-0.4, -0.2) is 49.4 Å². The molecule has 0 aromatic heterocycles. The fourth-order valence-electron chi connectivity index (χ4n) is 3.23. The average Bonchev–Trinajstić information content (AvgIpc) is 2.79. The molecular weight excluding hydrogens is 296 g/mol. The SMILES string of the molecule is COC(=O)C1CCN(CN2C(=O)C(=O)c3cc(C)ccc32)CC1. The normalized spacial score (nSPS) is 19.1. The molecule has 2 heterocycles. The number of nitrogens with zero attached hydrogens (tertiary/aromatic N) is 2. The summed E-state index contributed by atoms with van der Waals surface area (Å²) in [6.07, 6.45) is 1.42. The van der Waals surface area contributed by atoms with Gasteiger partial charge >= 0.3 is 11.9 Å². The van der Waals surface area contributed by atoms with Gasteiger partial charge in [0.25, 0.3) is 5.78 Å². The summed E-state index contributed by atoms with van der Waals surface area (Å²) >= 11 is 0. The first-order chi connectivity index (χ1) is 11.0. The second-order valence-corrected chi connectivity index (χ2v) is 6.14. The molecule has 3 rings (SSSR count). The smallest absolute Gasteiger partial charge is 0.308 e. The van der Waals surface area contributed by atoms with Crippen molar-refractivity contribution >= 4 is 23.3 Å². The molecule has 2 aliphatic heterocycles. The van der Waals surface area contributed by atoms with E-state index in [2.05, 4.69) is 4.90 Å². The summed E-state index contributed by atoms with van der Waals surface area (Å²) in [6, 6.07) is 5.49. The van der Waals surface area contributed by atoms with Crippen molar-refractivity contribution in [2.45, 2.75) is 19.8 Å². The maximum atomic E-state index is 12.2. The number of ether oxygens (including phenoxy) is 1. The van der Waals surface area contributed by atoms with Crippen molar-refractivity contribution in [3.63, 3.8) is 0 Å². The quantitative estimate of drug-likeness (QED) is 0.622. The summed E-state index contributed by atoms with van der Waals surface area (Å²) in [4.78, 5) is 39.5. The van der Waals surface area contributed by atoms with Gasteiger partial charge in [-0.15, -0.1) is 0 Å². The van der Waals surface area contributed by atoms with Gasteiger partial charge in [0.2, 0.25) is 0 Å². The Balaban J connectivity index is 1.69. The lowest BCUT2D eigenvalue weighted by Crippen LogP contribution is -2.45. The number of anilines is 1. The summed E-state index contributed by atoms with van der Waals surface area (Å²) in [5, 5.41) is 0. The molecule has 2 aliphatic rings. The highest BCUT2D eigenvalue weighted by Gasteiger charge is 2.37. The predicted molar refractivity (Wildman–Crippen MR) is 84.2 cm³/mol. The summed E-state index contributed by atoms with van der Waals surface area (Å²) in [5.41, 5.74) is 2.13. The van der Waals surface area contributed by atoms with Crippen LogP contribution in [0.2, 0.25) is 0 Å². The Bertz CT molecular complexity index is 663. The molecule has 0 aliphatic carbocycles. The molecule has 23 heavy (non-hydrogen) atoms. The van der Waals surface area contributed by atoms with Crippen LogP contribution in [0.25, 0.3) is 0 Å². The van der Waals surface area contributed by atoms with Crippen LogP contribution in [0.15, 0.2) is 18.2 Å². The van der Waals surface area contributed by atoms with Gasteiger partial charge in [-0.3, -0.25) is 24.2 Å². The zero-order valence-electron chi connectivity index (χ0n) is 13.4. The number of hydrogen-bond acceptors (Lipinski definition) is 5. The Morgan fingerprint density at radius 3 is 2.61 bits per heavy atom. The van der Waals surface area contributed by atoms with E-state index in [-0.39, 0.29) is 11.9 Å². The van der Waals surface area contributed by atoms with E-state index in [0.717, 1.165) is 5.56 Å². The van der Waals surface area contributed by atoms with Crippen molar-refractivity contribution in [2.75, 3.05) is 31.8 Å². The first kappa shape index (κ1) is 15.7. The summed E-state index contributed by atoms with van der Waals surface area (Å²) in [5.74, 6) is -1.14. The van der Waals surface area contributed by atoms with Gasteiger partial charge in [-0.05, 0) is 31.9 Å². The maximum Gasteiger partial charge on any atom is 0.308 e. The highest BCUT2D eigenvalue weighted by atomic mass is 16.5. The van der Waals surface area contributed by atoms with E-state index in [1.165, 1.54) is 12.0 Å². The van der Waals surface area contributed by atoms with E-state index >= 15 is 0 Å². The molecule has 1 aromatic carbocycles. The third-order valence-electron chi connectivity index (χ3n) is 4.59. The number of rotatable bonds is 3. The molecule has 1 amide bonds. The number of aryl methyl sites for hydroxylation is 1. The number of esters is 1. The van der Waals surface area contributed by atoms with Crippen LogP contribution in [0.5, 0.6) is 0 Å². The van der Waals surface area contributed by atoms with Gasteiger partial charge in [0, 0.05) is 13.1 Å². The highest BCUT2D eigenvalue weighted by molar-refractivity contribution is 6.52. The molecular formula is C17H20N2O4. The fourth-order valence-corrected chi connectivity index (χ4v) is 3.23. The average molecular weight is 316 g/mol. The van der Waals surface area contributed by atoms with E-state index in [9.17, 15) is 14.4 Å². The van der Waals surface area contributed by atoms with Gasteiger partial charge in [-0.2, -0.15) is 0 Å². The molecule has 1 aromatic rings. The van der Waals surface area contributed by atoms with Gasteiger partial charge in [0.05, 0.1) is 30.9 Å². The van der Waals surface area contributed by atoms with Crippen LogP contribution in [-0.2, 0) is 14.3 Å². The predicted octanol–water partition coefficient (Wildman–Crippen LogP) is 1.37. The molecule has 1 fully saturated rings. The van der Waals surface area contributed by atoms with Gasteiger partial charge in [-0.25, -0.2) is 0 Å². The molecule has 0 atom stereocenters. The van der Waals surface area contributed by atoms with Gasteiger partial charge in [-0.1, -0.05) is 11.6 Å². The Hall–Kier alpha value is -2.21. The van der Waals surface area contributed by atoms with Crippen LogP contribution >= 0.6 is 0 Å². The van der Waals surface area contributed by atoms with E-state index < -0.39 is 11.7 Å². The number of carbonyl (C=O) groups excluding carboxylic acids is 3. The van der Waals surface area contributed by atoms with Crippen LogP contribution in [0, 0.1) is 12.8 Å². The van der Waals surface area contributed by atoms with Crippen LogP contribution in [0.4, 0.5) is 5.69 Å². The molecule has 0 spiro atoms. The monoisotopic (exact) mass is 316 g/mol. The zero-order chi connectivity index (χ0) is 16.6. The van der Waals surface area contributed by atoms with Crippen molar-refractivity contribution in [1.29, 1.82) is 0 Å². The Kier molecular flexibility index (Phi) is 4.17. The van der Waals surface area contributed by atoms with Gasteiger partial charge in [0.15, 0.2) is 0 Å². The number of likely N-dealkylation sites (tertiary alicyclic amines) is 1. The number of hydrogen-bond donors (Lipinski definition) is 0. The second kappa shape index (κ2) is 6.12. The zero-order valence-corrected chi connectivity index (χ0v) is 13.4. The number of methoxy groups -OCH3 is 1. The largest absolute Gasteiger partial charge is 0.469 e. The molecule has 6 nitrogen and oxygen atoms in total. The molecule has 0 saturated carbocycles. The number of piperidine rings is 1. The Labute approximate surface area is 135 Å². The topological polar surface area (TPSA) is 66.9 Å². The van der Waals surface area contributed by atoms with Crippen molar-refractivity contribution in [3.8, 4) is 0 Å². The number of benzene rings is 1. The molecule has 6 heteroatoms. The minimum absolute atomic E-state index is 0.0675. The molecule has 0 N–H and O–H groups in total. The molecule has 122 valence electrons. The number of amides is 1. The molecule has 0 unspecified atom stereocenters. The standard InChI is InChI=1S/C17H20N2O4/c1-11-3-4-14-13(9-11)15(20)16(21)19(14)10-18-7-5-12(6-8-18)17(22)23-2/h3-4,9,12H,5-8,10H2,1-2H3. The van der Waals surface area contributed by atoms with Crippen LogP contribution in [0.1, 0.15) is 28.8 Å². The first-order valence-electron chi connectivity index (χ1n) is 7.78. The van der Waals surface area contributed by atoms with Gasteiger partial charge in [0.1, 0.15) is 0 Å². The lowest BCUT2D eigenvalue weighted by atomic mass is 9.97. The van der Waals surface area contributed by atoms with Crippen molar-refractivity contribution in [2.24, 2.45) is 5.92 Å². The number of fused-ring (bicyclic) bond motifs is 1. The van der Waals surface area contributed by atoms with E-state index in [4.69, 9.17) is 4.74 Å². The number of ketones is 1. The highest BCUT2D eigenvalue weighted by Crippen LogP contribution is 2.30.